The number of para-hydroxylation sites is 2. The van der Waals surface area contributed by atoms with E-state index in [-0.39, 0.29) is 6.54 Å². The first kappa shape index (κ1) is 13.5. The number of carboxylic acid groups (broad SMARTS) is 1. The second-order valence-electron chi connectivity index (χ2n) is 5.33. The first-order valence-corrected chi connectivity index (χ1v) is 7.16. The molecular weight excluding hydrogens is 294 g/mol. The maximum absolute atomic E-state index is 11.0. The number of nitrogens with zero attached hydrogens (tertiary/aromatic N) is 3. The van der Waals surface area contributed by atoms with Crippen LogP contribution in [0.15, 0.2) is 46.9 Å². The minimum absolute atomic E-state index is 0.107. The van der Waals surface area contributed by atoms with Gasteiger partial charge in [0, 0.05) is 5.56 Å². The Labute approximate surface area is 131 Å². The zero-order valence-electron chi connectivity index (χ0n) is 12.4. The van der Waals surface area contributed by atoms with Crippen molar-refractivity contribution in [2.45, 2.75) is 13.5 Å². The van der Waals surface area contributed by atoms with Gasteiger partial charge in [-0.2, -0.15) is 0 Å². The second kappa shape index (κ2) is 4.95. The van der Waals surface area contributed by atoms with E-state index in [4.69, 9.17) is 9.52 Å². The van der Waals surface area contributed by atoms with E-state index in [1.807, 2.05) is 42.5 Å². The van der Waals surface area contributed by atoms with Crippen LogP contribution in [0.5, 0.6) is 0 Å². The number of hydrogen-bond donors (Lipinski definition) is 1. The lowest BCUT2D eigenvalue weighted by atomic mass is 10.2. The Hall–Kier alpha value is -3.15. The Morgan fingerprint density at radius 2 is 2.00 bits per heavy atom. The van der Waals surface area contributed by atoms with E-state index in [1.54, 1.807) is 11.5 Å². The van der Waals surface area contributed by atoms with Gasteiger partial charge in [0.1, 0.15) is 17.9 Å². The average Bonchev–Trinajstić information content (AvgIpc) is 3.08. The molecule has 0 spiro atoms. The molecule has 0 atom stereocenters. The Kier molecular flexibility index (Phi) is 2.90. The van der Waals surface area contributed by atoms with E-state index in [2.05, 4.69) is 9.97 Å². The van der Waals surface area contributed by atoms with Gasteiger partial charge in [0.2, 0.25) is 5.89 Å². The number of oxazole rings is 1. The molecule has 1 N–H and O–H groups in total. The van der Waals surface area contributed by atoms with E-state index in [9.17, 15) is 4.79 Å². The van der Waals surface area contributed by atoms with Crippen LogP contribution in [-0.2, 0) is 11.3 Å². The average molecular weight is 307 g/mol. The molecule has 23 heavy (non-hydrogen) atoms. The molecule has 0 bridgehead atoms. The van der Waals surface area contributed by atoms with E-state index in [0.717, 1.165) is 27.7 Å². The summed E-state index contributed by atoms with van der Waals surface area (Å²) in [5.41, 5.74) is 3.85. The van der Waals surface area contributed by atoms with Gasteiger partial charge in [0.25, 0.3) is 0 Å². The highest BCUT2D eigenvalue weighted by atomic mass is 16.4. The van der Waals surface area contributed by atoms with Crippen LogP contribution in [0.4, 0.5) is 0 Å². The summed E-state index contributed by atoms with van der Waals surface area (Å²) < 4.78 is 7.44. The lowest BCUT2D eigenvalue weighted by Crippen LogP contribution is -2.09. The number of aromatic nitrogens is 3. The molecule has 0 aliphatic rings. The smallest absolute Gasteiger partial charge is 0.323 e. The van der Waals surface area contributed by atoms with Crippen LogP contribution in [0.2, 0.25) is 0 Å². The van der Waals surface area contributed by atoms with Gasteiger partial charge in [-0.15, -0.1) is 0 Å². The third kappa shape index (κ3) is 2.24. The molecule has 4 aromatic rings. The lowest BCUT2D eigenvalue weighted by molar-refractivity contribution is -0.137. The van der Waals surface area contributed by atoms with E-state index in [1.165, 1.54) is 0 Å². The van der Waals surface area contributed by atoms with Gasteiger partial charge >= 0.3 is 5.97 Å². The summed E-state index contributed by atoms with van der Waals surface area (Å²) in [6.45, 7) is 1.69. The minimum Gasteiger partial charge on any atom is -0.480 e. The number of carboxylic acids is 1. The quantitative estimate of drug-likeness (QED) is 0.628. The van der Waals surface area contributed by atoms with Crippen LogP contribution in [0, 0.1) is 6.92 Å². The normalized spacial score (nSPS) is 11.3. The molecule has 6 nitrogen and oxygen atoms in total. The van der Waals surface area contributed by atoms with Crippen LogP contribution in [0.1, 0.15) is 5.82 Å². The maximum atomic E-state index is 11.0. The molecular formula is C17H13N3O3. The number of aliphatic carboxylic acids is 1. The van der Waals surface area contributed by atoms with E-state index < -0.39 is 5.97 Å². The fraction of sp³-hybridized carbons (Fsp3) is 0.118. The molecule has 0 saturated heterocycles. The first-order chi connectivity index (χ1) is 11.1. The van der Waals surface area contributed by atoms with E-state index >= 15 is 0 Å². The topological polar surface area (TPSA) is 81.2 Å². The summed E-state index contributed by atoms with van der Waals surface area (Å²) in [4.78, 5) is 19.9. The van der Waals surface area contributed by atoms with Crippen LogP contribution in [-0.4, -0.2) is 25.6 Å². The molecule has 2 aromatic heterocycles. The molecule has 0 radical (unpaired) electrons. The largest absolute Gasteiger partial charge is 0.480 e. The van der Waals surface area contributed by atoms with Gasteiger partial charge in [-0.3, -0.25) is 4.79 Å². The molecule has 0 unspecified atom stereocenters. The molecule has 4 rings (SSSR count). The summed E-state index contributed by atoms with van der Waals surface area (Å²) in [6, 6.07) is 13.2. The van der Waals surface area contributed by atoms with E-state index in [0.29, 0.717) is 11.7 Å². The van der Waals surface area contributed by atoms with Gasteiger partial charge in [-0.1, -0.05) is 12.1 Å². The first-order valence-electron chi connectivity index (χ1n) is 7.16. The summed E-state index contributed by atoms with van der Waals surface area (Å²) in [7, 11) is 0. The van der Waals surface area contributed by atoms with Crippen LogP contribution in [0.25, 0.3) is 33.6 Å². The number of imidazole rings is 1. The van der Waals surface area contributed by atoms with Gasteiger partial charge in [-0.05, 0) is 37.3 Å². The molecule has 2 heterocycles. The van der Waals surface area contributed by atoms with Crippen molar-refractivity contribution in [1.82, 2.24) is 14.5 Å². The van der Waals surface area contributed by atoms with Crippen molar-refractivity contribution in [3.63, 3.8) is 0 Å². The summed E-state index contributed by atoms with van der Waals surface area (Å²) in [6.07, 6.45) is 0. The molecule has 0 aliphatic heterocycles. The van der Waals surface area contributed by atoms with Crippen molar-refractivity contribution in [2.24, 2.45) is 0 Å². The van der Waals surface area contributed by atoms with Crippen molar-refractivity contribution in [3.8, 4) is 11.5 Å². The van der Waals surface area contributed by atoms with Gasteiger partial charge in [0.05, 0.1) is 11.0 Å². The highest BCUT2D eigenvalue weighted by molar-refractivity contribution is 5.84. The zero-order chi connectivity index (χ0) is 16.0. The predicted molar refractivity (Wildman–Crippen MR) is 85.1 cm³/mol. The number of carbonyl (C=O) groups is 1. The van der Waals surface area contributed by atoms with Crippen LogP contribution < -0.4 is 0 Å². The number of fused-ring (bicyclic) bond motifs is 2. The third-order valence-electron chi connectivity index (χ3n) is 3.77. The summed E-state index contributed by atoms with van der Waals surface area (Å²) in [5, 5.41) is 9.01. The van der Waals surface area contributed by atoms with Gasteiger partial charge < -0.3 is 14.1 Å². The van der Waals surface area contributed by atoms with Crippen molar-refractivity contribution in [3.05, 3.63) is 48.3 Å². The number of hydrogen-bond acceptors (Lipinski definition) is 4. The molecule has 114 valence electrons. The molecule has 0 aliphatic carbocycles. The Bertz CT molecular complexity index is 1010. The number of benzene rings is 2. The summed E-state index contributed by atoms with van der Waals surface area (Å²) in [5.74, 6) is 0.297. The van der Waals surface area contributed by atoms with Crippen LogP contribution in [0.3, 0.4) is 0 Å². The zero-order valence-corrected chi connectivity index (χ0v) is 12.4. The standard InChI is InChI=1S/C17H13N3O3/c1-10-18-13-8-11(6-7-14(13)20(10)9-16(21)22)17-19-12-4-2-3-5-15(12)23-17/h2-8H,9H2,1H3,(H,21,22). The van der Waals surface area contributed by atoms with Gasteiger partial charge in [-0.25, -0.2) is 9.97 Å². The van der Waals surface area contributed by atoms with Crippen molar-refractivity contribution in [2.75, 3.05) is 0 Å². The number of rotatable bonds is 3. The highest BCUT2D eigenvalue weighted by Gasteiger charge is 2.13. The van der Waals surface area contributed by atoms with Crippen molar-refractivity contribution < 1.29 is 14.3 Å². The minimum atomic E-state index is -0.893. The Morgan fingerprint density at radius 1 is 1.17 bits per heavy atom. The molecule has 0 amide bonds. The second-order valence-corrected chi connectivity index (χ2v) is 5.33. The lowest BCUT2D eigenvalue weighted by Gasteiger charge is -2.02. The SMILES string of the molecule is Cc1nc2cc(-c3nc4ccccc4o3)ccc2n1CC(=O)O. The fourth-order valence-corrected chi connectivity index (χ4v) is 2.71. The number of aryl methyl sites for hydroxylation is 1. The Morgan fingerprint density at radius 3 is 2.78 bits per heavy atom. The third-order valence-corrected chi connectivity index (χ3v) is 3.77. The molecule has 0 fully saturated rings. The molecule has 2 aromatic carbocycles. The Balaban J connectivity index is 1.84. The predicted octanol–water partition coefficient (Wildman–Crippen LogP) is 3.24. The van der Waals surface area contributed by atoms with Crippen molar-refractivity contribution >= 4 is 28.1 Å². The van der Waals surface area contributed by atoms with Gasteiger partial charge in [0.15, 0.2) is 5.58 Å². The highest BCUT2D eigenvalue weighted by Crippen LogP contribution is 2.27. The monoisotopic (exact) mass is 307 g/mol. The fourth-order valence-electron chi connectivity index (χ4n) is 2.71. The summed E-state index contributed by atoms with van der Waals surface area (Å²) >= 11 is 0. The molecule has 6 heteroatoms. The molecule has 0 saturated carbocycles. The van der Waals surface area contributed by atoms with Crippen LogP contribution >= 0.6 is 0 Å². The maximum Gasteiger partial charge on any atom is 0.323 e. The van der Waals surface area contributed by atoms with Crippen molar-refractivity contribution in [1.29, 1.82) is 0 Å².